The van der Waals surface area contributed by atoms with Crippen molar-refractivity contribution in [3.05, 3.63) is 0 Å². The third-order valence-electron chi connectivity index (χ3n) is 4.66. The third-order valence-corrected chi connectivity index (χ3v) is 4.66. The second-order valence-corrected chi connectivity index (χ2v) is 6.34. The summed E-state index contributed by atoms with van der Waals surface area (Å²) in [7, 11) is 0. The molecule has 114 valence electrons. The van der Waals surface area contributed by atoms with Gasteiger partial charge < -0.3 is 15.0 Å². The molecule has 3 fully saturated rings. The number of nitrogens with one attached hydrogen (secondary N) is 1. The topological polar surface area (TPSA) is 44.8 Å². The van der Waals surface area contributed by atoms with Gasteiger partial charge in [-0.05, 0) is 25.2 Å². The number of rotatable bonds is 6. The Bertz CT molecular complexity index is 321. The summed E-state index contributed by atoms with van der Waals surface area (Å²) < 4.78 is 5.47. The molecule has 0 spiro atoms. The van der Waals surface area contributed by atoms with E-state index in [9.17, 15) is 4.79 Å². The summed E-state index contributed by atoms with van der Waals surface area (Å²) >= 11 is 0. The minimum absolute atomic E-state index is 0.333. The molecule has 1 amide bonds. The number of nitrogens with zero attached hydrogens (tertiary/aromatic N) is 2. The predicted molar refractivity (Wildman–Crippen MR) is 77.6 cm³/mol. The third kappa shape index (κ3) is 3.93. The van der Waals surface area contributed by atoms with E-state index in [0.717, 1.165) is 58.5 Å². The van der Waals surface area contributed by atoms with Crippen molar-refractivity contribution in [2.45, 2.75) is 31.7 Å². The van der Waals surface area contributed by atoms with Crippen molar-refractivity contribution in [2.75, 3.05) is 52.5 Å². The van der Waals surface area contributed by atoms with Crippen LogP contribution < -0.4 is 5.32 Å². The van der Waals surface area contributed by atoms with Gasteiger partial charge in [-0.1, -0.05) is 0 Å². The summed E-state index contributed by atoms with van der Waals surface area (Å²) in [6.07, 6.45) is 4.50. The summed E-state index contributed by atoms with van der Waals surface area (Å²) in [4.78, 5) is 16.8. The van der Waals surface area contributed by atoms with Crippen LogP contribution in [0.2, 0.25) is 0 Å². The number of piperazine rings is 1. The summed E-state index contributed by atoms with van der Waals surface area (Å²) in [5.41, 5.74) is 0. The molecule has 5 heteroatoms. The molecule has 1 N–H and O–H groups in total. The zero-order chi connectivity index (χ0) is 13.8. The first-order chi connectivity index (χ1) is 9.83. The standard InChI is InChI=1S/C15H27N3O2/c19-15(17-8-5-16-6-9-17)3-7-18(14-1-2-14)11-13-4-10-20-12-13/h13-14,16H,1-12H2. The highest BCUT2D eigenvalue weighted by atomic mass is 16.5. The first-order valence-corrected chi connectivity index (χ1v) is 8.13. The van der Waals surface area contributed by atoms with E-state index in [-0.39, 0.29) is 0 Å². The zero-order valence-corrected chi connectivity index (χ0v) is 12.4. The van der Waals surface area contributed by atoms with Crippen molar-refractivity contribution in [1.82, 2.24) is 15.1 Å². The highest BCUT2D eigenvalue weighted by Gasteiger charge is 2.32. The number of hydrogen-bond acceptors (Lipinski definition) is 4. The molecule has 1 atom stereocenters. The normalized spacial score (nSPS) is 27.2. The lowest BCUT2D eigenvalue weighted by molar-refractivity contribution is -0.132. The van der Waals surface area contributed by atoms with Gasteiger partial charge in [0.05, 0.1) is 6.61 Å². The molecule has 2 aliphatic heterocycles. The van der Waals surface area contributed by atoms with Gasteiger partial charge in [-0.2, -0.15) is 0 Å². The van der Waals surface area contributed by atoms with Gasteiger partial charge in [0.15, 0.2) is 0 Å². The molecular formula is C15H27N3O2. The number of ether oxygens (including phenoxy) is 1. The Hall–Kier alpha value is -0.650. The van der Waals surface area contributed by atoms with E-state index in [0.29, 0.717) is 18.2 Å². The lowest BCUT2D eigenvalue weighted by atomic mass is 10.1. The highest BCUT2D eigenvalue weighted by molar-refractivity contribution is 5.76. The van der Waals surface area contributed by atoms with E-state index in [1.54, 1.807) is 0 Å². The molecule has 0 aromatic heterocycles. The molecule has 3 aliphatic rings. The van der Waals surface area contributed by atoms with Gasteiger partial charge in [0.2, 0.25) is 5.91 Å². The minimum Gasteiger partial charge on any atom is -0.381 e. The van der Waals surface area contributed by atoms with Crippen LogP contribution in [0.15, 0.2) is 0 Å². The molecule has 2 saturated heterocycles. The molecule has 1 aliphatic carbocycles. The molecule has 0 bridgehead atoms. The maximum Gasteiger partial charge on any atom is 0.223 e. The van der Waals surface area contributed by atoms with Gasteiger partial charge >= 0.3 is 0 Å². The van der Waals surface area contributed by atoms with E-state index in [1.807, 2.05) is 4.90 Å². The van der Waals surface area contributed by atoms with Crippen molar-refractivity contribution >= 4 is 5.91 Å². The summed E-state index contributed by atoms with van der Waals surface area (Å²) in [6, 6.07) is 0.742. The Morgan fingerprint density at radius 1 is 1.25 bits per heavy atom. The quantitative estimate of drug-likeness (QED) is 0.761. The Kier molecular flexibility index (Phi) is 4.91. The molecule has 5 nitrogen and oxygen atoms in total. The Balaban J connectivity index is 1.42. The van der Waals surface area contributed by atoms with Gasteiger partial charge in [0, 0.05) is 58.3 Å². The summed E-state index contributed by atoms with van der Waals surface area (Å²) in [6.45, 7) is 7.52. The maximum absolute atomic E-state index is 12.2. The fourth-order valence-electron chi connectivity index (χ4n) is 3.23. The van der Waals surface area contributed by atoms with E-state index in [1.165, 1.54) is 19.3 Å². The van der Waals surface area contributed by atoms with Gasteiger partial charge in [0.1, 0.15) is 0 Å². The first-order valence-electron chi connectivity index (χ1n) is 8.13. The second kappa shape index (κ2) is 6.87. The maximum atomic E-state index is 12.2. The van der Waals surface area contributed by atoms with Crippen LogP contribution in [0.5, 0.6) is 0 Å². The second-order valence-electron chi connectivity index (χ2n) is 6.34. The minimum atomic E-state index is 0.333. The molecule has 20 heavy (non-hydrogen) atoms. The van der Waals surface area contributed by atoms with Crippen molar-refractivity contribution in [1.29, 1.82) is 0 Å². The molecular weight excluding hydrogens is 254 g/mol. The fourth-order valence-corrected chi connectivity index (χ4v) is 3.23. The SMILES string of the molecule is O=C(CCN(CC1CCOC1)C1CC1)N1CCNCC1. The van der Waals surface area contributed by atoms with E-state index in [4.69, 9.17) is 4.74 Å². The molecule has 3 rings (SSSR count). The van der Waals surface area contributed by atoms with Gasteiger partial charge in [-0.15, -0.1) is 0 Å². The molecule has 0 radical (unpaired) electrons. The smallest absolute Gasteiger partial charge is 0.223 e. The lowest BCUT2D eigenvalue weighted by Crippen LogP contribution is -2.47. The zero-order valence-electron chi connectivity index (χ0n) is 12.4. The Morgan fingerprint density at radius 2 is 2.05 bits per heavy atom. The van der Waals surface area contributed by atoms with Crippen LogP contribution >= 0.6 is 0 Å². The average Bonchev–Trinajstić information content (AvgIpc) is 3.21. The monoisotopic (exact) mass is 281 g/mol. The number of amides is 1. The van der Waals surface area contributed by atoms with Crippen molar-refractivity contribution in [3.8, 4) is 0 Å². The van der Waals surface area contributed by atoms with Crippen LogP contribution in [0.3, 0.4) is 0 Å². The predicted octanol–water partition coefficient (Wildman–Crippen LogP) is 0.309. The van der Waals surface area contributed by atoms with Crippen molar-refractivity contribution < 1.29 is 9.53 Å². The largest absolute Gasteiger partial charge is 0.381 e. The van der Waals surface area contributed by atoms with Gasteiger partial charge in [0.25, 0.3) is 0 Å². The molecule has 1 saturated carbocycles. The highest BCUT2D eigenvalue weighted by Crippen LogP contribution is 2.29. The first kappa shape index (κ1) is 14.3. The molecule has 1 unspecified atom stereocenters. The van der Waals surface area contributed by atoms with Crippen LogP contribution in [0.1, 0.15) is 25.7 Å². The summed E-state index contributed by atoms with van der Waals surface area (Å²) in [5.74, 6) is 1.02. The molecule has 0 aromatic rings. The van der Waals surface area contributed by atoms with Crippen molar-refractivity contribution in [3.63, 3.8) is 0 Å². The summed E-state index contributed by atoms with van der Waals surface area (Å²) in [5, 5.41) is 3.29. The average molecular weight is 281 g/mol. The van der Waals surface area contributed by atoms with Gasteiger partial charge in [-0.3, -0.25) is 9.69 Å². The van der Waals surface area contributed by atoms with Crippen LogP contribution in [0, 0.1) is 5.92 Å². The van der Waals surface area contributed by atoms with Crippen LogP contribution in [0.25, 0.3) is 0 Å². The van der Waals surface area contributed by atoms with Crippen LogP contribution in [-0.4, -0.2) is 74.2 Å². The van der Waals surface area contributed by atoms with Crippen LogP contribution in [-0.2, 0) is 9.53 Å². The van der Waals surface area contributed by atoms with Gasteiger partial charge in [-0.25, -0.2) is 0 Å². The number of carbonyl (C=O) groups is 1. The van der Waals surface area contributed by atoms with E-state index < -0.39 is 0 Å². The Labute approximate surface area is 121 Å². The molecule has 0 aromatic carbocycles. The lowest BCUT2D eigenvalue weighted by Gasteiger charge is -2.29. The van der Waals surface area contributed by atoms with Crippen molar-refractivity contribution in [2.24, 2.45) is 5.92 Å². The van der Waals surface area contributed by atoms with Crippen LogP contribution in [0.4, 0.5) is 0 Å². The number of carbonyl (C=O) groups excluding carboxylic acids is 1. The molecule has 2 heterocycles. The van der Waals surface area contributed by atoms with E-state index in [2.05, 4.69) is 10.2 Å². The number of hydrogen-bond donors (Lipinski definition) is 1. The Morgan fingerprint density at radius 3 is 2.70 bits per heavy atom. The fraction of sp³-hybridized carbons (Fsp3) is 0.933. The van der Waals surface area contributed by atoms with E-state index >= 15 is 0 Å².